The average Bonchev–Trinajstić information content (AvgIpc) is 2.86. The van der Waals surface area contributed by atoms with E-state index in [1.165, 1.54) is 11.8 Å². The van der Waals surface area contributed by atoms with Gasteiger partial charge in [-0.1, -0.05) is 18.2 Å². The Bertz CT molecular complexity index is 554. The summed E-state index contributed by atoms with van der Waals surface area (Å²) in [4.78, 5) is 10.9. The zero-order valence-electron chi connectivity index (χ0n) is 9.31. The van der Waals surface area contributed by atoms with Crippen LogP contribution in [0.1, 0.15) is 22.5 Å². The fourth-order valence-corrected chi connectivity index (χ4v) is 2.24. The van der Waals surface area contributed by atoms with Crippen LogP contribution in [-0.4, -0.2) is 12.9 Å². The monoisotopic (exact) mass is 228 g/mol. The van der Waals surface area contributed by atoms with E-state index in [4.69, 9.17) is 9.15 Å². The quantitative estimate of drug-likeness (QED) is 0.741. The molecule has 1 aliphatic rings. The second-order valence-electron chi connectivity index (χ2n) is 4.06. The molecule has 3 nitrogen and oxygen atoms in total. The molecule has 0 N–H and O–H groups in total. The summed E-state index contributed by atoms with van der Waals surface area (Å²) >= 11 is 0. The van der Waals surface area contributed by atoms with E-state index in [0.717, 1.165) is 42.6 Å². The van der Waals surface area contributed by atoms with E-state index in [0.29, 0.717) is 5.76 Å². The largest absolute Gasteiger partial charge is 0.493 e. The second-order valence-corrected chi connectivity index (χ2v) is 4.06. The van der Waals surface area contributed by atoms with Gasteiger partial charge in [-0.25, -0.2) is 0 Å². The Morgan fingerprint density at radius 2 is 2.12 bits per heavy atom. The van der Waals surface area contributed by atoms with Gasteiger partial charge in [0.15, 0.2) is 12.0 Å². The third-order valence-corrected chi connectivity index (χ3v) is 3.03. The van der Waals surface area contributed by atoms with Gasteiger partial charge in [-0.05, 0) is 24.5 Å². The summed E-state index contributed by atoms with van der Waals surface area (Å²) in [5.41, 5.74) is 2.95. The van der Waals surface area contributed by atoms with Crippen LogP contribution in [-0.2, 0) is 6.42 Å². The first-order valence-electron chi connectivity index (χ1n) is 5.68. The predicted octanol–water partition coefficient (Wildman–Crippen LogP) is 3.08. The first-order chi connectivity index (χ1) is 8.40. The number of hydrogen-bond donors (Lipinski definition) is 0. The molecule has 0 saturated carbocycles. The van der Waals surface area contributed by atoms with Gasteiger partial charge in [0.05, 0.1) is 12.9 Å². The number of benzene rings is 1. The van der Waals surface area contributed by atoms with Crippen LogP contribution < -0.4 is 4.74 Å². The summed E-state index contributed by atoms with van der Waals surface area (Å²) in [5.74, 6) is 1.25. The number of ether oxygens (including phenoxy) is 1. The molecule has 2 heterocycles. The van der Waals surface area contributed by atoms with Gasteiger partial charge in [0, 0.05) is 11.1 Å². The molecule has 0 saturated heterocycles. The zero-order valence-corrected chi connectivity index (χ0v) is 9.31. The lowest BCUT2D eigenvalue weighted by Gasteiger charge is -2.19. The van der Waals surface area contributed by atoms with E-state index >= 15 is 0 Å². The van der Waals surface area contributed by atoms with Crippen LogP contribution in [0.3, 0.4) is 0 Å². The molecule has 1 aromatic carbocycles. The van der Waals surface area contributed by atoms with Crippen LogP contribution in [0, 0.1) is 0 Å². The standard InChI is InChI=1S/C14H12O3/c15-9-13-11(6-8-16-13)12-5-1-3-10-4-2-7-17-14(10)12/h1,3,5-6,8-9H,2,4,7H2. The number of fused-ring (bicyclic) bond motifs is 1. The first kappa shape index (κ1) is 10.1. The highest BCUT2D eigenvalue weighted by atomic mass is 16.5. The van der Waals surface area contributed by atoms with E-state index in [1.54, 1.807) is 6.07 Å². The molecular formula is C14H12O3. The minimum Gasteiger partial charge on any atom is -0.493 e. The van der Waals surface area contributed by atoms with Crippen molar-refractivity contribution in [2.75, 3.05) is 6.61 Å². The molecule has 2 aromatic rings. The third kappa shape index (κ3) is 1.64. The van der Waals surface area contributed by atoms with E-state index in [1.807, 2.05) is 12.1 Å². The highest BCUT2D eigenvalue weighted by molar-refractivity contribution is 5.86. The number of aldehydes is 1. The average molecular weight is 228 g/mol. The van der Waals surface area contributed by atoms with Gasteiger partial charge < -0.3 is 9.15 Å². The third-order valence-electron chi connectivity index (χ3n) is 3.03. The lowest BCUT2D eigenvalue weighted by Crippen LogP contribution is -2.09. The lowest BCUT2D eigenvalue weighted by atomic mass is 9.98. The summed E-state index contributed by atoms with van der Waals surface area (Å²) in [7, 11) is 0. The fraction of sp³-hybridized carbons (Fsp3) is 0.214. The molecule has 0 radical (unpaired) electrons. The first-order valence-corrected chi connectivity index (χ1v) is 5.68. The molecule has 3 heteroatoms. The summed E-state index contributed by atoms with van der Waals surface area (Å²) in [6.07, 6.45) is 4.33. The summed E-state index contributed by atoms with van der Waals surface area (Å²) in [6.45, 7) is 0.734. The van der Waals surface area contributed by atoms with Gasteiger partial charge in [0.2, 0.25) is 0 Å². The molecule has 3 rings (SSSR count). The Hall–Kier alpha value is -2.03. The minimum absolute atomic E-state index is 0.354. The van der Waals surface area contributed by atoms with Gasteiger partial charge in [0.25, 0.3) is 0 Å². The molecule has 0 bridgehead atoms. The zero-order chi connectivity index (χ0) is 11.7. The number of rotatable bonds is 2. The number of para-hydroxylation sites is 1. The molecule has 1 aromatic heterocycles. The summed E-state index contributed by atoms with van der Waals surface area (Å²) < 4.78 is 10.9. The highest BCUT2D eigenvalue weighted by Crippen LogP contribution is 2.37. The van der Waals surface area contributed by atoms with E-state index in [-0.39, 0.29) is 0 Å². The topological polar surface area (TPSA) is 39.4 Å². The molecule has 0 fully saturated rings. The Morgan fingerprint density at radius 3 is 3.00 bits per heavy atom. The smallest absolute Gasteiger partial charge is 0.185 e. The SMILES string of the molecule is O=Cc1occc1-c1cccc2c1OCCC2. The van der Waals surface area contributed by atoms with Crippen LogP contribution in [0.2, 0.25) is 0 Å². The van der Waals surface area contributed by atoms with Crippen LogP contribution in [0.15, 0.2) is 34.9 Å². The van der Waals surface area contributed by atoms with Crippen molar-refractivity contribution in [3.05, 3.63) is 41.9 Å². The summed E-state index contributed by atoms with van der Waals surface area (Å²) in [6, 6.07) is 7.82. The minimum atomic E-state index is 0.354. The Morgan fingerprint density at radius 1 is 1.18 bits per heavy atom. The van der Waals surface area contributed by atoms with Crippen LogP contribution in [0.25, 0.3) is 11.1 Å². The van der Waals surface area contributed by atoms with Crippen LogP contribution in [0.4, 0.5) is 0 Å². The maximum atomic E-state index is 10.9. The van der Waals surface area contributed by atoms with Crippen molar-refractivity contribution < 1.29 is 13.9 Å². The highest BCUT2D eigenvalue weighted by Gasteiger charge is 2.18. The van der Waals surface area contributed by atoms with Crippen molar-refractivity contribution in [3.8, 4) is 16.9 Å². The molecule has 0 amide bonds. The van der Waals surface area contributed by atoms with E-state index < -0.39 is 0 Å². The van der Waals surface area contributed by atoms with Crippen molar-refractivity contribution in [1.82, 2.24) is 0 Å². The summed E-state index contributed by atoms with van der Waals surface area (Å²) in [5, 5.41) is 0. The number of carbonyl (C=O) groups is 1. The molecule has 0 aliphatic carbocycles. The Kier molecular flexibility index (Phi) is 2.44. The second kappa shape index (κ2) is 4.09. The van der Waals surface area contributed by atoms with Gasteiger partial charge in [0.1, 0.15) is 5.75 Å². The molecule has 86 valence electrons. The number of carbonyl (C=O) groups excluding carboxylic acids is 1. The van der Waals surface area contributed by atoms with Crippen molar-refractivity contribution >= 4 is 6.29 Å². The maximum absolute atomic E-state index is 10.9. The van der Waals surface area contributed by atoms with E-state index in [9.17, 15) is 4.79 Å². The Balaban J connectivity index is 2.18. The predicted molar refractivity (Wildman–Crippen MR) is 63.3 cm³/mol. The van der Waals surface area contributed by atoms with Gasteiger partial charge in [-0.15, -0.1) is 0 Å². The van der Waals surface area contributed by atoms with Gasteiger partial charge in [-0.3, -0.25) is 4.79 Å². The van der Waals surface area contributed by atoms with E-state index in [2.05, 4.69) is 6.07 Å². The normalized spacial score (nSPS) is 13.9. The van der Waals surface area contributed by atoms with Crippen LogP contribution in [0.5, 0.6) is 5.75 Å². The number of furan rings is 1. The molecular weight excluding hydrogens is 216 g/mol. The van der Waals surface area contributed by atoms with Gasteiger partial charge in [-0.2, -0.15) is 0 Å². The Labute approximate surface area is 99.0 Å². The van der Waals surface area contributed by atoms with Crippen molar-refractivity contribution in [2.24, 2.45) is 0 Å². The number of hydrogen-bond acceptors (Lipinski definition) is 3. The molecule has 0 spiro atoms. The lowest BCUT2D eigenvalue weighted by molar-refractivity contribution is 0.110. The van der Waals surface area contributed by atoms with Crippen molar-refractivity contribution in [3.63, 3.8) is 0 Å². The van der Waals surface area contributed by atoms with Crippen molar-refractivity contribution in [1.29, 1.82) is 0 Å². The van der Waals surface area contributed by atoms with Gasteiger partial charge >= 0.3 is 0 Å². The maximum Gasteiger partial charge on any atom is 0.185 e. The number of aryl methyl sites for hydroxylation is 1. The molecule has 17 heavy (non-hydrogen) atoms. The van der Waals surface area contributed by atoms with Crippen molar-refractivity contribution in [2.45, 2.75) is 12.8 Å². The molecule has 0 atom stereocenters. The fourth-order valence-electron chi connectivity index (χ4n) is 2.24. The molecule has 1 aliphatic heterocycles. The molecule has 0 unspecified atom stereocenters. The van der Waals surface area contributed by atoms with Crippen LogP contribution >= 0.6 is 0 Å².